The number of hydrogen-bond acceptors (Lipinski definition) is 3. The van der Waals surface area contributed by atoms with Gasteiger partial charge in [-0.2, -0.15) is 0 Å². The number of rotatable bonds is 7. The molecule has 2 aliphatic rings. The number of carbonyl (C=O) groups excluding carboxylic acids is 1. The Kier molecular flexibility index (Phi) is 7.22. The van der Waals surface area contributed by atoms with E-state index in [1.165, 1.54) is 10.5 Å². The van der Waals surface area contributed by atoms with E-state index in [4.69, 9.17) is 9.47 Å². The van der Waals surface area contributed by atoms with Gasteiger partial charge in [0.2, 0.25) is 0 Å². The number of ether oxygens (including phenoxy) is 2. The molecule has 1 amide bonds. The van der Waals surface area contributed by atoms with Crippen LogP contribution in [0.4, 0.5) is 0 Å². The van der Waals surface area contributed by atoms with E-state index in [1.807, 2.05) is 36.2 Å². The lowest BCUT2D eigenvalue weighted by molar-refractivity contribution is -1.01. The number of quaternary nitrogens is 2. The molecule has 6 heteroatoms. The minimum absolute atomic E-state index is 0.192. The topological polar surface area (TPSA) is 47.6 Å². The summed E-state index contributed by atoms with van der Waals surface area (Å²) in [5.74, 6) is 1.75. The average molecular weight is 424 g/mol. The smallest absolute Gasteiger partial charge is 0.277 e. The summed E-state index contributed by atoms with van der Waals surface area (Å²) in [5.41, 5.74) is 2.31. The second kappa shape index (κ2) is 10.5. The van der Waals surface area contributed by atoms with Gasteiger partial charge in [-0.25, -0.2) is 0 Å². The molecule has 31 heavy (non-hydrogen) atoms. The SMILES string of the molecule is CN(Cc1ccc2c(c1)OCCO2)C(=O)C[NH+]1CC[NH+](C/C=C/c2ccccc2)CC1. The maximum absolute atomic E-state index is 12.7. The summed E-state index contributed by atoms with van der Waals surface area (Å²) in [6, 6.07) is 16.3. The average Bonchev–Trinajstić information content (AvgIpc) is 2.81. The molecule has 0 atom stereocenters. The van der Waals surface area contributed by atoms with Crippen LogP contribution in [-0.2, 0) is 11.3 Å². The predicted octanol–water partition coefficient (Wildman–Crippen LogP) is -0.0870. The van der Waals surface area contributed by atoms with Crippen LogP contribution in [0.5, 0.6) is 11.5 Å². The first-order valence-electron chi connectivity index (χ1n) is 11.2. The summed E-state index contributed by atoms with van der Waals surface area (Å²) >= 11 is 0. The lowest BCUT2D eigenvalue weighted by Crippen LogP contribution is -3.28. The van der Waals surface area contributed by atoms with Gasteiger partial charge in [0, 0.05) is 13.6 Å². The Bertz CT molecular complexity index is 892. The van der Waals surface area contributed by atoms with Gasteiger partial charge in [-0.15, -0.1) is 0 Å². The molecule has 0 aromatic heterocycles. The van der Waals surface area contributed by atoms with E-state index in [9.17, 15) is 4.79 Å². The van der Waals surface area contributed by atoms with Crippen molar-refractivity contribution in [2.45, 2.75) is 6.54 Å². The highest BCUT2D eigenvalue weighted by atomic mass is 16.6. The molecule has 164 valence electrons. The number of nitrogens with zero attached hydrogens (tertiary/aromatic N) is 1. The fraction of sp³-hybridized carbons (Fsp3) is 0.400. The van der Waals surface area contributed by atoms with Crippen molar-refractivity contribution in [3.8, 4) is 11.5 Å². The number of hydrogen-bond donors (Lipinski definition) is 2. The first-order valence-corrected chi connectivity index (χ1v) is 11.2. The Morgan fingerprint density at radius 2 is 1.68 bits per heavy atom. The Hall–Kier alpha value is -2.83. The molecule has 0 radical (unpaired) electrons. The molecule has 4 rings (SSSR count). The third kappa shape index (κ3) is 6.09. The summed E-state index contributed by atoms with van der Waals surface area (Å²) in [7, 11) is 1.88. The number of amides is 1. The summed E-state index contributed by atoms with van der Waals surface area (Å²) in [5, 5.41) is 0. The van der Waals surface area contributed by atoms with Gasteiger partial charge in [0.1, 0.15) is 39.4 Å². The number of piperazine rings is 1. The zero-order valence-electron chi connectivity index (χ0n) is 18.3. The molecule has 2 N–H and O–H groups in total. The van der Waals surface area contributed by atoms with Gasteiger partial charge in [0.05, 0.1) is 6.54 Å². The normalized spacial score (nSPS) is 20.5. The zero-order chi connectivity index (χ0) is 21.5. The minimum Gasteiger partial charge on any atom is -0.486 e. The van der Waals surface area contributed by atoms with Crippen LogP contribution in [0.3, 0.4) is 0 Å². The minimum atomic E-state index is 0.192. The van der Waals surface area contributed by atoms with E-state index >= 15 is 0 Å². The van der Waals surface area contributed by atoms with Crippen LogP contribution in [0.1, 0.15) is 11.1 Å². The number of fused-ring (bicyclic) bond motifs is 1. The lowest BCUT2D eigenvalue weighted by atomic mass is 10.2. The fourth-order valence-electron chi connectivity index (χ4n) is 4.16. The van der Waals surface area contributed by atoms with Gasteiger partial charge < -0.3 is 24.2 Å². The molecule has 0 unspecified atom stereocenters. The van der Waals surface area contributed by atoms with E-state index in [0.29, 0.717) is 26.3 Å². The molecule has 1 fully saturated rings. The largest absolute Gasteiger partial charge is 0.486 e. The standard InChI is InChI=1S/C25H31N3O3/c1-26(19-22-9-10-23-24(18-22)31-17-16-30-23)25(29)20-28-14-12-27(13-15-28)11-5-8-21-6-3-2-4-7-21/h2-10,18H,11-17,19-20H2,1H3/p+2/b8-5+. The van der Waals surface area contributed by atoms with Crippen molar-refractivity contribution in [3.63, 3.8) is 0 Å². The van der Waals surface area contributed by atoms with Crippen molar-refractivity contribution in [2.75, 3.05) is 59.5 Å². The highest BCUT2D eigenvalue weighted by molar-refractivity contribution is 5.76. The second-order valence-corrected chi connectivity index (χ2v) is 8.42. The molecule has 6 nitrogen and oxygen atoms in total. The number of benzene rings is 2. The van der Waals surface area contributed by atoms with Crippen molar-refractivity contribution in [1.82, 2.24) is 4.90 Å². The van der Waals surface area contributed by atoms with Gasteiger partial charge in [-0.05, 0) is 29.3 Å². The van der Waals surface area contributed by atoms with E-state index in [1.54, 1.807) is 4.90 Å². The summed E-state index contributed by atoms with van der Waals surface area (Å²) < 4.78 is 11.2. The Labute approximate surface area is 184 Å². The monoisotopic (exact) mass is 423 g/mol. The van der Waals surface area contributed by atoms with Gasteiger partial charge in [-0.1, -0.05) is 42.5 Å². The predicted molar refractivity (Wildman–Crippen MR) is 121 cm³/mol. The zero-order valence-corrected chi connectivity index (χ0v) is 18.3. The summed E-state index contributed by atoms with van der Waals surface area (Å²) in [4.78, 5) is 17.5. The maximum Gasteiger partial charge on any atom is 0.277 e. The van der Waals surface area contributed by atoms with Crippen molar-refractivity contribution in [1.29, 1.82) is 0 Å². The van der Waals surface area contributed by atoms with E-state index in [0.717, 1.165) is 49.8 Å². The molecule has 0 saturated carbocycles. The van der Waals surface area contributed by atoms with Crippen molar-refractivity contribution >= 4 is 12.0 Å². The highest BCUT2D eigenvalue weighted by Crippen LogP contribution is 2.30. The quantitative estimate of drug-likeness (QED) is 0.655. The van der Waals surface area contributed by atoms with Crippen LogP contribution in [0.25, 0.3) is 6.08 Å². The third-order valence-electron chi connectivity index (χ3n) is 6.03. The van der Waals surface area contributed by atoms with Crippen LogP contribution >= 0.6 is 0 Å². The molecular formula is C25H33N3O3+2. The van der Waals surface area contributed by atoms with Crippen molar-refractivity contribution in [3.05, 3.63) is 65.7 Å². The molecule has 1 saturated heterocycles. The lowest BCUT2D eigenvalue weighted by Gasteiger charge is -2.30. The van der Waals surface area contributed by atoms with Crippen molar-refractivity contribution in [2.24, 2.45) is 0 Å². The van der Waals surface area contributed by atoms with Crippen LogP contribution in [-0.4, -0.2) is 70.3 Å². The summed E-state index contributed by atoms with van der Waals surface area (Å²) in [6.45, 7) is 7.65. The molecule has 0 spiro atoms. The number of nitrogens with one attached hydrogen (secondary N) is 2. The van der Waals surface area contributed by atoms with Crippen LogP contribution in [0.15, 0.2) is 54.6 Å². The molecule has 2 heterocycles. The van der Waals surface area contributed by atoms with E-state index in [-0.39, 0.29) is 5.91 Å². The molecule has 0 aliphatic carbocycles. The van der Waals surface area contributed by atoms with Crippen LogP contribution < -0.4 is 19.3 Å². The molecule has 0 bridgehead atoms. The summed E-state index contributed by atoms with van der Waals surface area (Å²) in [6.07, 6.45) is 4.46. The van der Waals surface area contributed by atoms with E-state index < -0.39 is 0 Å². The number of likely N-dealkylation sites (N-methyl/N-ethyl adjacent to an activating group) is 1. The molecule has 2 aromatic rings. The van der Waals surface area contributed by atoms with Gasteiger partial charge >= 0.3 is 0 Å². The fourth-order valence-corrected chi connectivity index (χ4v) is 4.16. The maximum atomic E-state index is 12.7. The van der Waals surface area contributed by atoms with Gasteiger partial charge in [0.25, 0.3) is 5.91 Å². The molecule has 2 aromatic carbocycles. The van der Waals surface area contributed by atoms with Crippen molar-refractivity contribution < 1.29 is 24.1 Å². The Morgan fingerprint density at radius 3 is 2.45 bits per heavy atom. The van der Waals surface area contributed by atoms with E-state index in [2.05, 4.69) is 36.4 Å². The third-order valence-corrected chi connectivity index (χ3v) is 6.03. The van der Waals surface area contributed by atoms with Gasteiger partial charge in [0.15, 0.2) is 18.0 Å². The van der Waals surface area contributed by atoms with Gasteiger partial charge in [-0.3, -0.25) is 4.79 Å². The Morgan fingerprint density at radius 1 is 0.968 bits per heavy atom. The molecule has 2 aliphatic heterocycles. The first kappa shape index (κ1) is 21.4. The highest BCUT2D eigenvalue weighted by Gasteiger charge is 2.25. The number of carbonyl (C=O) groups is 1. The van der Waals surface area contributed by atoms with Crippen LogP contribution in [0.2, 0.25) is 0 Å². The first-order chi connectivity index (χ1) is 15.2. The second-order valence-electron chi connectivity index (χ2n) is 8.42. The Balaban J connectivity index is 1.19. The molecular weight excluding hydrogens is 390 g/mol. The van der Waals surface area contributed by atoms with Crippen LogP contribution in [0, 0.1) is 0 Å².